The van der Waals surface area contributed by atoms with Gasteiger partial charge in [-0.3, -0.25) is 10.1 Å². The van der Waals surface area contributed by atoms with E-state index in [4.69, 9.17) is 4.74 Å². The van der Waals surface area contributed by atoms with E-state index in [0.29, 0.717) is 11.0 Å². The van der Waals surface area contributed by atoms with Crippen LogP contribution < -0.4 is 10.1 Å². The van der Waals surface area contributed by atoms with E-state index in [0.717, 1.165) is 10.9 Å². The monoisotopic (exact) mass is 294 g/mol. The predicted octanol–water partition coefficient (Wildman–Crippen LogP) is 3.67. The lowest BCUT2D eigenvalue weighted by Gasteiger charge is -2.05. The Labute approximate surface area is 120 Å². The molecule has 0 unspecified atom stereocenters. The zero-order valence-electron chi connectivity index (χ0n) is 11.4. The first-order chi connectivity index (χ1) is 9.51. The Hall–Kier alpha value is -1.95. The van der Waals surface area contributed by atoms with Gasteiger partial charge in [0.05, 0.1) is 7.11 Å². The zero-order chi connectivity index (χ0) is 14.7. The van der Waals surface area contributed by atoms with Crippen molar-refractivity contribution in [2.75, 3.05) is 12.4 Å². The van der Waals surface area contributed by atoms with Crippen LogP contribution in [0, 0.1) is 5.82 Å². The number of methoxy groups -OCH3 is 1. The number of ether oxygens (including phenoxy) is 1. The summed E-state index contributed by atoms with van der Waals surface area (Å²) >= 11 is 1.41. The molecule has 2 rings (SSSR count). The fourth-order valence-corrected chi connectivity index (χ4v) is 2.40. The number of hydrogen-bond acceptors (Lipinski definition) is 4. The molecular formula is C14H15FN2O2S. The number of hydrogen-bond donors (Lipinski definition) is 1. The van der Waals surface area contributed by atoms with E-state index in [-0.39, 0.29) is 11.3 Å². The smallest absolute Gasteiger partial charge is 0.257 e. The van der Waals surface area contributed by atoms with Crippen LogP contribution in [0.15, 0.2) is 24.4 Å². The second-order valence-electron chi connectivity index (χ2n) is 4.53. The Bertz CT molecular complexity index is 625. The number of thiazole rings is 1. The lowest BCUT2D eigenvalue weighted by Crippen LogP contribution is -2.12. The fraction of sp³-hybridized carbons (Fsp3) is 0.286. The summed E-state index contributed by atoms with van der Waals surface area (Å²) in [6, 6.07) is 4.07. The third-order valence-corrected chi connectivity index (χ3v) is 3.94. The maximum atomic E-state index is 13.5. The van der Waals surface area contributed by atoms with E-state index in [1.807, 2.05) is 0 Å². The summed E-state index contributed by atoms with van der Waals surface area (Å²) in [5, 5.41) is 3.17. The minimum absolute atomic E-state index is 0.109. The molecule has 1 aromatic carbocycles. The number of carbonyl (C=O) groups is 1. The summed E-state index contributed by atoms with van der Waals surface area (Å²) in [6.45, 7) is 4.11. The third kappa shape index (κ3) is 3.14. The molecule has 0 saturated carbocycles. The molecule has 0 aliphatic rings. The van der Waals surface area contributed by atoms with E-state index >= 15 is 0 Å². The largest absolute Gasteiger partial charge is 0.494 e. The molecule has 4 nitrogen and oxygen atoms in total. The van der Waals surface area contributed by atoms with Gasteiger partial charge in [-0.1, -0.05) is 13.8 Å². The summed E-state index contributed by atoms with van der Waals surface area (Å²) in [5.41, 5.74) is 0.226. The number of carbonyl (C=O) groups excluding carboxylic acids is 1. The minimum Gasteiger partial charge on any atom is -0.494 e. The van der Waals surface area contributed by atoms with Crippen molar-refractivity contribution in [1.29, 1.82) is 0 Å². The highest BCUT2D eigenvalue weighted by molar-refractivity contribution is 7.15. The van der Waals surface area contributed by atoms with Gasteiger partial charge >= 0.3 is 0 Å². The summed E-state index contributed by atoms with van der Waals surface area (Å²) in [4.78, 5) is 17.2. The molecule has 0 aliphatic heterocycles. The maximum Gasteiger partial charge on any atom is 0.257 e. The summed E-state index contributed by atoms with van der Waals surface area (Å²) in [7, 11) is 1.38. The molecule has 20 heavy (non-hydrogen) atoms. The number of anilines is 1. The van der Waals surface area contributed by atoms with Gasteiger partial charge in [-0.2, -0.15) is 0 Å². The van der Waals surface area contributed by atoms with Crippen molar-refractivity contribution in [3.05, 3.63) is 40.7 Å². The molecule has 6 heteroatoms. The Balaban J connectivity index is 2.13. The number of rotatable bonds is 4. The number of amides is 1. The second kappa shape index (κ2) is 6.00. The highest BCUT2D eigenvalue weighted by Gasteiger charge is 2.12. The first-order valence-corrected chi connectivity index (χ1v) is 6.93. The van der Waals surface area contributed by atoms with Gasteiger partial charge in [-0.25, -0.2) is 9.37 Å². The fourth-order valence-electron chi connectivity index (χ4n) is 1.59. The van der Waals surface area contributed by atoms with Gasteiger partial charge < -0.3 is 4.74 Å². The highest BCUT2D eigenvalue weighted by atomic mass is 32.1. The van der Waals surface area contributed by atoms with Crippen molar-refractivity contribution in [3.8, 4) is 5.75 Å². The van der Waals surface area contributed by atoms with E-state index < -0.39 is 11.7 Å². The maximum absolute atomic E-state index is 13.5. The molecular weight excluding hydrogens is 279 g/mol. The molecule has 106 valence electrons. The highest BCUT2D eigenvalue weighted by Crippen LogP contribution is 2.26. The molecule has 0 bridgehead atoms. The van der Waals surface area contributed by atoms with E-state index in [1.165, 1.54) is 30.6 Å². The van der Waals surface area contributed by atoms with Crippen LogP contribution in [0.5, 0.6) is 5.75 Å². The van der Waals surface area contributed by atoms with Crippen LogP contribution in [0.1, 0.15) is 35.0 Å². The average molecular weight is 294 g/mol. The number of aromatic nitrogens is 1. The van der Waals surface area contributed by atoms with Crippen LogP contribution in [-0.4, -0.2) is 18.0 Å². The van der Waals surface area contributed by atoms with Gasteiger partial charge in [0, 0.05) is 16.6 Å². The van der Waals surface area contributed by atoms with Crippen molar-refractivity contribution >= 4 is 22.4 Å². The summed E-state index contributed by atoms with van der Waals surface area (Å²) in [6.07, 6.45) is 1.74. The molecule has 0 radical (unpaired) electrons. The van der Waals surface area contributed by atoms with Gasteiger partial charge in [-0.15, -0.1) is 11.3 Å². The van der Waals surface area contributed by atoms with Gasteiger partial charge in [0.1, 0.15) is 0 Å². The molecule has 2 aromatic rings. The second-order valence-corrected chi connectivity index (χ2v) is 5.59. The van der Waals surface area contributed by atoms with Crippen molar-refractivity contribution in [1.82, 2.24) is 4.98 Å². The lowest BCUT2D eigenvalue weighted by atomic mass is 10.2. The zero-order valence-corrected chi connectivity index (χ0v) is 12.3. The lowest BCUT2D eigenvalue weighted by molar-refractivity contribution is 0.102. The summed E-state index contributed by atoms with van der Waals surface area (Å²) < 4.78 is 18.4. The standard InChI is InChI=1S/C14H15FN2O2S/c1-8(2)12-7-16-14(20-12)17-13(18)9-4-5-11(19-3)10(15)6-9/h4-8H,1-3H3,(H,16,17,18). The average Bonchev–Trinajstić information content (AvgIpc) is 2.87. The predicted molar refractivity (Wildman–Crippen MR) is 77.1 cm³/mol. The Morgan fingerprint density at radius 1 is 1.45 bits per heavy atom. The quantitative estimate of drug-likeness (QED) is 0.936. The molecule has 1 N–H and O–H groups in total. The van der Waals surface area contributed by atoms with E-state index in [2.05, 4.69) is 24.1 Å². The van der Waals surface area contributed by atoms with Gasteiger partial charge in [0.2, 0.25) is 0 Å². The van der Waals surface area contributed by atoms with Crippen molar-refractivity contribution < 1.29 is 13.9 Å². The molecule has 1 amide bonds. The van der Waals surface area contributed by atoms with Gasteiger partial charge in [0.25, 0.3) is 5.91 Å². The number of benzene rings is 1. The molecule has 0 fully saturated rings. The summed E-state index contributed by atoms with van der Waals surface area (Å²) in [5.74, 6) is -0.493. The Morgan fingerprint density at radius 3 is 2.75 bits per heavy atom. The topological polar surface area (TPSA) is 51.2 Å². The van der Waals surface area contributed by atoms with Gasteiger partial charge in [-0.05, 0) is 24.1 Å². The Kier molecular flexibility index (Phi) is 4.34. The molecule has 0 saturated heterocycles. The first-order valence-electron chi connectivity index (χ1n) is 6.12. The minimum atomic E-state index is -0.567. The Morgan fingerprint density at radius 2 is 2.20 bits per heavy atom. The third-order valence-electron chi connectivity index (χ3n) is 2.73. The van der Waals surface area contributed by atoms with E-state index in [9.17, 15) is 9.18 Å². The van der Waals surface area contributed by atoms with Crippen LogP contribution in [0.25, 0.3) is 0 Å². The normalized spacial score (nSPS) is 10.7. The van der Waals surface area contributed by atoms with Crippen molar-refractivity contribution in [2.24, 2.45) is 0 Å². The van der Waals surface area contributed by atoms with Crippen molar-refractivity contribution in [2.45, 2.75) is 19.8 Å². The van der Waals surface area contributed by atoms with E-state index in [1.54, 1.807) is 6.20 Å². The molecule has 0 spiro atoms. The molecule has 1 heterocycles. The van der Waals surface area contributed by atoms with Gasteiger partial charge in [0.15, 0.2) is 16.7 Å². The van der Waals surface area contributed by atoms with Crippen LogP contribution in [0.2, 0.25) is 0 Å². The number of halogens is 1. The molecule has 1 aromatic heterocycles. The van der Waals surface area contributed by atoms with Crippen molar-refractivity contribution in [3.63, 3.8) is 0 Å². The van der Waals surface area contributed by atoms with Crippen LogP contribution in [0.3, 0.4) is 0 Å². The molecule has 0 aliphatic carbocycles. The first kappa shape index (κ1) is 14.5. The number of nitrogens with one attached hydrogen (secondary N) is 1. The molecule has 0 atom stereocenters. The van der Waals surface area contributed by atoms with Crippen LogP contribution >= 0.6 is 11.3 Å². The SMILES string of the molecule is COc1ccc(C(=O)Nc2ncc(C(C)C)s2)cc1F. The van der Waals surface area contributed by atoms with Crippen LogP contribution in [-0.2, 0) is 0 Å². The number of nitrogens with zero attached hydrogens (tertiary/aromatic N) is 1. The van der Waals surface area contributed by atoms with Crippen LogP contribution in [0.4, 0.5) is 9.52 Å².